The molecule has 0 N–H and O–H groups in total. The minimum atomic E-state index is 0.541. The van der Waals surface area contributed by atoms with E-state index in [4.69, 9.17) is 4.42 Å². The highest BCUT2D eigenvalue weighted by Gasteiger charge is 2.02. The van der Waals surface area contributed by atoms with Gasteiger partial charge in [-0.2, -0.15) is 0 Å². The molecule has 0 spiro atoms. The van der Waals surface area contributed by atoms with Crippen LogP contribution in [0.15, 0.2) is 29.0 Å². The predicted octanol–water partition coefficient (Wildman–Crippen LogP) is 2.95. The molecule has 2 heteroatoms. The number of benzene rings is 1. The summed E-state index contributed by atoms with van der Waals surface area (Å²) in [5.74, 6) is 0.541. The molecular weight excluding hydrogens is 150 g/mol. The monoisotopic (exact) mass is 161 g/mol. The lowest BCUT2D eigenvalue weighted by atomic mass is 10.0. The van der Waals surface area contributed by atoms with Crippen molar-refractivity contribution < 1.29 is 4.42 Å². The van der Waals surface area contributed by atoms with Crippen LogP contribution in [0.5, 0.6) is 0 Å². The van der Waals surface area contributed by atoms with E-state index in [9.17, 15) is 0 Å². The summed E-state index contributed by atoms with van der Waals surface area (Å²) in [5, 5.41) is 0. The van der Waals surface area contributed by atoms with Crippen LogP contribution in [0.4, 0.5) is 0 Å². The fourth-order valence-electron chi connectivity index (χ4n) is 1.23. The summed E-state index contributed by atoms with van der Waals surface area (Å²) in [6, 6.07) is 6.14. The number of nitrogens with zero attached hydrogens (tertiary/aromatic N) is 1. The molecule has 0 saturated carbocycles. The zero-order chi connectivity index (χ0) is 8.55. The first kappa shape index (κ1) is 7.35. The van der Waals surface area contributed by atoms with Gasteiger partial charge in [-0.25, -0.2) is 4.98 Å². The number of oxazole rings is 1. The SMILES string of the molecule is CC(C)c1ccc2ncoc2c1. The highest BCUT2D eigenvalue weighted by molar-refractivity contribution is 5.72. The molecule has 0 aliphatic rings. The van der Waals surface area contributed by atoms with E-state index in [1.807, 2.05) is 12.1 Å². The van der Waals surface area contributed by atoms with Gasteiger partial charge in [0.05, 0.1) is 0 Å². The number of fused-ring (bicyclic) bond motifs is 1. The lowest BCUT2D eigenvalue weighted by Crippen LogP contribution is -1.85. The smallest absolute Gasteiger partial charge is 0.181 e. The molecule has 2 nitrogen and oxygen atoms in total. The Bertz CT molecular complexity index is 389. The third-order valence-corrected chi connectivity index (χ3v) is 2.02. The molecule has 0 bridgehead atoms. The number of hydrogen-bond acceptors (Lipinski definition) is 2. The zero-order valence-electron chi connectivity index (χ0n) is 7.24. The molecule has 1 aromatic heterocycles. The molecule has 0 unspecified atom stereocenters. The maximum Gasteiger partial charge on any atom is 0.181 e. The van der Waals surface area contributed by atoms with Gasteiger partial charge in [0.25, 0.3) is 0 Å². The van der Waals surface area contributed by atoms with E-state index >= 15 is 0 Å². The fourth-order valence-corrected chi connectivity index (χ4v) is 1.23. The summed E-state index contributed by atoms with van der Waals surface area (Å²) in [4.78, 5) is 4.05. The molecule has 0 atom stereocenters. The maximum atomic E-state index is 5.20. The molecule has 2 aromatic rings. The molecule has 0 saturated heterocycles. The molecule has 0 aliphatic heterocycles. The van der Waals surface area contributed by atoms with Crippen molar-refractivity contribution in [3.8, 4) is 0 Å². The summed E-state index contributed by atoms with van der Waals surface area (Å²) in [6.07, 6.45) is 1.48. The summed E-state index contributed by atoms with van der Waals surface area (Å²) in [6.45, 7) is 4.33. The van der Waals surface area contributed by atoms with Crippen LogP contribution in [-0.4, -0.2) is 4.98 Å². The molecule has 1 aromatic carbocycles. The van der Waals surface area contributed by atoms with Crippen LogP contribution < -0.4 is 0 Å². The lowest BCUT2D eigenvalue weighted by molar-refractivity contribution is 0.601. The predicted molar refractivity (Wildman–Crippen MR) is 48.1 cm³/mol. The van der Waals surface area contributed by atoms with Crippen LogP contribution in [0.1, 0.15) is 25.3 Å². The molecule has 0 fully saturated rings. The van der Waals surface area contributed by atoms with E-state index in [1.165, 1.54) is 12.0 Å². The summed E-state index contributed by atoms with van der Waals surface area (Å²) in [7, 11) is 0. The first-order valence-corrected chi connectivity index (χ1v) is 4.10. The van der Waals surface area contributed by atoms with E-state index < -0.39 is 0 Å². The molecule has 0 amide bonds. The Kier molecular flexibility index (Phi) is 1.61. The summed E-state index contributed by atoms with van der Waals surface area (Å²) < 4.78 is 5.20. The van der Waals surface area contributed by atoms with Crippen LogP contribution in [0, 0.1) is 0 Å². The van der Waals surface area contributed by atoms with Crippen molar-refractivity contribution in [2.45, 2.75) is 19.8 Å². The molecule has 62 valence electrons. The van der Waals surface area contributed by atoms with Gasteiger partial charge >= 0.3 is 0 Å². The quantitative estimate of drug-likeness (QED) is 0.642. The second-order valence-corrected chi connectivity index (χ2v) is 3.23. The fraction of sp³-hybridized carbons (Fsp3) is 0.300. The van der Waals surface area contributed by atoms with Crippen molar-refractivity contribution in [3.63, 3.8) is 0 Å². The van der Waals surface area contributed by atoms with Crippen LogP contribution in [-0.2, 0) is 0 Å². The molecular formula is C10H11NO. The Balaban J connectivity index is 2.60. The van der Waals surface area contributed by atoms with Gasteiger partial charge in [-0.1, -0.05) is 19.9 Å². The molecule has 2 rings (SSSR count). The minimum Gasteiger partial charge on any atom is -0.443 e. The molecule has 12 heavy (non-hydrogen) atoms. The van der Waals surface area contributed by atoms with Crippen molar-refractivity contribution in [3.05, 3.63) is 30.2 Å². The van der Waals surface area contributed by atoms with Gasteiger partial charge in [0.1, 0.15) is 5.52 Å². The Labute approximate surface area is 71.2 Å². The standard InChI is InChI=1S/C10H11NO/c1-7(2)8-3-4-9-10(5-8)12-6-11-9/h3-7H,1-2H3. The van der Waals surface area contributed by atoms with Crippen LogP contribution in [0.25, 0.3) is 11.1 Å². The second-order valence-electron chi connectivity index (χ2n) is 3.23. The highest BCUT2D eigenvalue weighted by atomic mass is 16.3. The van der Waals surface area contributed by atoms with Crippen LogP contribution >= 0.6 is 0 Å². The summed E-state index contributed by atoms with van der Waals surface area (Å²) >= 11 is 0. The van der Waals surface area contributed by atoms with E-state index in [0.717, 1.165) is 11.1 Å². The number of aromatic nitrogens is 1. The van der Waals surface area contributed by atoms with E-state index in [-0.39, 0.29) is 0 Å². The van der Waals surface area contributed by atoms with E-state index in [1.54, 1.807) is 0 Å². The third kappa shape index (κ3) is 1.09. The first-order chi connectivity index (χ1) is 5.77. The van der Waals surface area contributed by atoms with Crippen LogP contribution in [0.2, 0.25) is 0 Å². The van der Waals surface area contributed by atoms with Gasteiger partial charge in [-0.15, -0.1) is 0 Å². The van der Waals surface area contributed by atoms with Crippen molar-refractivity contribution in [2.24, 2.45) is 0 Å². The zero-order valence-corrected chi connectivity index (χ0v) is 7.24. The highest BCUT2D eigenvalue weighted by Crippen LogP contribution is 2.19. The van der Waals surface area contributed by atoms with Gasteiger partial charge in [-0.05, 0) is 23.6 Å². The van der Waals surface area contributed by atoms with E-state index in [0.29, 0.717) is 5.92 Å². The average molecular weight is 161 g/mol. The van der Waals surface area contributed by atoms with Gasteiger partial charge in [0.2, 0.25) is 0 Å². The minimum absolute atomic E-state index is 0.541. The second kappa shape index (κ2) is 2.63. The molecule has 0 radical (unpaired) electrons. The topological polar surface area (TPSA) is 26.0 Å². The van der Waals surface area contributed by atoms with E-state index in [2.05, 4.69) is 24.9 Å². The number of hydrogen-bond donors (Lipinski definition) is 0. The van der Waals surface area contributed by atoms with Gasteiger partial charge in [0.15, 0.2) is 12.0 Å². The third-order valence-electron chi connectivity index (χ3n) is 2.02. The van der Waals surface area contributed by atoms with Crippen molar-refractivity contribution in [1.29, 1.82) is 0 Å². The Hall–Kier alpha value is -1.31. The normalized spacial score (nSPS) is 11.2. The van der Waals surface area contributed by atoms with Gasteiger partial charge < -0.3 is 4.42 Å². The number of rotatable bonds is 1. The van der Waals surface area contributed by atoms with Gasteiger partial charge in [0, 0.05) is 0 Å². The van der Waals surface area contributed by atoms with Gasteiger partial charge in [-0.3, -0.25) is 0 Å². The summed E-state index contributed by atoms with van der Waals surface area (Å²) in [5.41, 5.74) is 3.10. The molecule has 0 aliphatic carbocycles. The Morgan fingerprint density at radius 1 is 1.33 bits per heavy atom. The molecule has 1 heterocycles. The lowest BCUT2D eigenvalue weighted by Gasteiger charge is -2.02. The largest absolute Gasteiger partial charge is 0.443 e. The van der Waals surface area contributed by atoms with Crippen LogP contribution in [0.3, 0.4) is 0 Å². The first-order valence-electron chi connectivity index (χ1n) is 4.10. The Morgan fingerprint density at radius 2 is 2.17 bits per heavy atom. The van der Waals surface area contributed by atoms with Crippen molar-refractivity contribution in [2.75, 3.05) is 0 Å². The van der Waals surface area contributed by atoms with Crippen molar-refractivity contribution >= 4 is 11.1 Å². The average Bonchev–Trinajstić information content (AvgIpc) is 2.49. The van der Waals surface area contributed by atoms with Crippen molar-refractivity contribution in [1.82, 2.24) is 4.98 Å². The maximum absolute atomic E-state index is 5.20. The Morgan fingerprint density at radius 3 is 2.92 bits per heavy atom.